The highest BCUT2D eigenvalue weighted by atomic mass is 32.1. The second-order valence-electron chi connectivity index (χ2n) is 7.19. The van der Waals surface area contributed by atoms with E-state index in [4.69, 9.17) is 0 Å². The molecule has 0 spiro atoms. The summed E-state index contributed by atoms with van der Waals surface area (Å²) >= 11 is 1.84. The summed E-state index contributed by atoms with van der Waals surface area (Å²) in [6.07, 6.45) is 6.66. The monoisotopic (exact) mass is 395 g/mol. The number of nitrogens with zero attached hydrogens (tertiary/aromatic N) is 2. The first kappa shape index (κ1) is 17.9. The Balaban J connectivity index is 1.58. The van der Waals surface area contributed by atoms with Gasteiger partial charge >= 0.3 is 0 Å². The van der Waals surface area contributed by atoms with Gasteiger partial charge in [-0.2, -0.15) is 4.57 Å². The van der Waals surface area contributed by atoms with Gasteiger partial charge in [-0.05, 0) is 30.7 Å². The molecule has 5 rings (SSSR count). The fourth-order valence-electron chi connectivity index (χ4n) is 4.17. The summed E-state index contributed by atoms with van der Waals surface area (Å²) in [4.78, 5) is 2.29. The third-order valence-corrected chi connectivity index (χ3v) is 6.70. The zero-order valence-corrected chi connectivity index (χ0v) is 17.5. The molecule has 0 aliphatic carbocycles. The third-order valence-electron chi connectivity index (χ3n) is 5.57. The first-order valence-corrected chi connectivity index (χ1v) is 10.8. The predicted octanol–water partition coefficient (Wildman–Crippen LogP) is 6.38. The van der Waals surface area contributed by atoms with Crippen LogP contribution in [0.2, 0.25) is 0 Å². The second kappa shape index (κ2) is 7.34. The van der Waals surface area contributed by atoms with Crippen molar-refractivity contribution in [3.8, 4) is 11.1 Å². The maximum absolute atomic E-state index is 2.38. The summed E-state index contributed by atoms with van der Waals surface area (Å²) in [5.74, 6) is 0. The number of anilines is 1. The average molecular weight is 396 g/mol. The lowest BCUT2D eigenvalue weighted by molar-refractivity contribution is -0.665. The van der Waals surface area contributed by atoms with Crippen molar-refractivity contribution >= 4 is 39.0 Å². The quantitative estimate of drug-likeness (QED) is 0.365. The molecule has 4 aromatic rings. The van der Waals surface area contributed by atoms with Gasteiger partial charge in [0.15, 0.2) is 0 Å². The van der Waals surface area contributed by atoms with Crippen LogP contribution in [0, 0.1) is 0 Å². The van der Waals surface area contributed by atoms with E-state index in [-0.39, 0.29) is 0 Å². The Morgan fingerprint density at radius 3 is 2.38 bits per heavy atom. The van der Waals surface area contributed by atoms with Crippen LogP contribution in [-0.4, -0.2) is 7.05 Å². The molecule has 2 nitrogen and oxygen atoms in total. The van der Waals surface area contributed by atoms with E-state index >= 15 is 0 Å². The smallest absolute Gasteiger partial charge is 0.262 e. The Bertz CT molecular complexity index is 1260. The minimum absolute atomic E-state index is 0.969. The SMILES string of the molecule is CC[n+]1c(C=CC=C2c3ccccc3-c3ccccc3N2C)sc2ccccc21. The Morgan fingerprint density at radius 2 is 1.55 bits per heavy atom. The molecule has 0 unspecified atom stereocenters. The van der Waals surface area contributed by atoms with Crippen LogP contribution in [0.4, 0.5) is 5.69 Å². The number of thiazole rings is 1. The molecule has 0 fully saturated rings. The number of aryl methyl sites for hydroxylation is 1. The molecule has 142 valence electrons. The molecule has 2 heterocycles. The van der Waals surface area contributed by atoms with E-state index < -0.39 is 0 Å². The van der Waals surface area contributed by atoms with Gasteiger partial charge in [0.1, 0.15) is 11.2 Å². The molecule has 29 heavy (non-hydrogen) atoms. The number of para-hydroxylation sites is 2. The molecule has 3 aromatic carbocycles. The lowest BCUT2D eigenvalue weighted by Gasteiger charge is -2.32. The van der Waals surface area contributed by atoms with Crippen molar-refractivity contribution in [2.24, 2.45) is 0 Å². The van der Waals surface area contributed by atoms with Gasteiger partial charge in [0.25, 0.3) is 5.01 Å². The number of benzene rings is 3. The van der Waals surface area contributed by atoms with Crippen molar-refractivity contribution < 1.29 is 4.57 Å². The molecule has 0 amide bonds. The van der Waals surface area contributed by atoms with Crippen LogP contribution in [0.25, 0.3) is 33.1 Å². The van der Waals surface area contributed by atoms with Gasteiger partial charge in [-0.25, -0.2) is 0 Å². The Labute approximate surface area is 175 Å². The van der Waals surface area contributed by atoms with Gasteiger partial charge in [-0.15, -0.1) is 0 Å². The lowest BCUT2D eigenvalue weighted by atomic mass is 9.91. The van der Waals surface area contributed by atoms with E-state index in [1.165, 1.54) is 43.3 Å². The normalized spacial score (nSPS) is 14.6. The van der Waals surface area contributed by atoms with E-state index in [1.807, 2.05) is 11.3 Å². The molecule has 0 N–H and O–H groups in total. The van der Waals surface area contributed by atoms with E-state index in [0.29, 0.717) is 0 Å². The maximum Gasteiger partial charge on any atom is 0.262 e. The topological polar surface area (TPSA) is 7.12 Å². The summed E-state index contributed by atoms with van der Waals surface area (Å²) in [6.45, 7) is 3.17. The largest absolute Gasteiger partial charge is 0.344 e. The van der Waals surface area contributed by atoms with E-state index in [2.05, 4.69) is 114 Å². The lowest BCUT2D eigenvalue weighted by Crippen LogP contribution is -2.33. The zero-order valence-electron chi connectivity index (χ0n) is 16.7. The molecule has 1 aliphatic heterocycles. The van der Waals surface area contributed by atoms with Crippen molar-refractivity contribution in [1.82, 2.24) is 0 Å². The average Bonchev–Trinajstić information content (AvgIpc) is 3.13. The molecule has 1 aliphatic rings. The molecule has 1 aromatic heterocycles. The number of aromatic nitrogens is 1. The second-order valence-corrected chi connectivity index (χ2v) is 8.25. The third kappa shape index (κ3) is 2.99. The highest BCUT2D eigenvalue weighted by molar-refractivity contribution is 7.18. The molecular weight excluding hydrogens is 372 g/mol. The number of rotatable bonds is 3. The number of hydrogen-bond donors (Lipinski definition) is 0. The fourth-order valence-corrected chi connectivity index (χ4v) is 5.31. The van der Waals surface area contributed by atoms with Gasteiger partial charge in [-0.1, -0.05) is 72.0 Å². The summed E-state index contributed by atoms with van der Waals surface area (Å²) in [6, 6.07) is 25.9. The summed E-state index contributed by atoms with van der Waals surface area (Å²) in [7, 11) is 2.15. The summed E-state index contributed by atoms with van der Waals surface area (Å²) in [5, 5.41) is 1.28. The van der Waals surface area contributed by atoms with Crippen LogP contribution in [0.15, 0.2) is 84.9 Å². The van der Waals surface area contributed by atoms with E-state index in [9.17, 15) is 0 Å². The van der Waals surface area contributed by atoms with Gasteiger partial charge in [-0.3, -0.25) is 0 Å². The summed E-state index contributed by atoms with van der Waals surface area (Å²) < 4.78 is 3.71. The van der Waals surface area contributed by atoms with Crippen LogP contribution in [0.3, 0.4) is 0 Å². The Hall–Kier alpha value is -3.17. The molecule has 0 atom stereocenters. The minimum atomic E-state index is 0.969. The first-order chi connectivity index (χ1) is 14.3. The Kier molecular flexibility index (Phi) is 4.53. The van der Waals surface area contributed by atoms with Crippen LogP contribution < -0.4 is 9.47 Å². The molecule has 0 saturated heterocycles. The van der Waals surface area contributed by atoms with Gasteiger partial charge in [0.05, 0.1) is 0 Å². The standard InChI is InChI=1S/C26H23N2S/c1-3-28-24-15-8-9-17-25(24)29-26(28)18-10-16-23-21-12-5-4-11-19(21)20-13-6-7-14-22(20)27(23)2/h4-18H,3H2,1-2H3/q+1. The van der Waals surface area contributed by atoms with Crippen LogP contribution >= 0.6 is 11.3 Å². The van der Waals surface area contributed by atoms with Crippen LogP contribution in [-0.2, 0) is 6.54 Å². The molecule has 0 radical (unpaired) electrons. The van der Waals surface area contributed by atoms with Gasteiger partial charge in [0.2, 0.25) is 5.52 Å². The highest BCUT2D eigenvalue weighted by Crippen LogP contribution is 2.43. The van der Waals surface area contributed by atoms with E-state index in [0.717, 1.165) is 6.54 Å². The Morgan fingerprint density at radius 1 is 0.862 bits per heavy atom. The highest BCUT2D eigenvalue weighted by Gasteiger charge is 2.23. The van der Waals surface area contributed by atoms with E-state index in [1.54, 1.807) is 0 Å². The maximum atomic E-state index is 2.38. The van der Waals surface area contributed by atoms with Crippen molar-refractivity contribution in [2.75, 3.05) is 11.9 Å². The van der Waals surface area contributed by atoms with Crippen molar-refractivity contribution in [3.05, 3.63) is 95.5 Å². The molecule has 3 heteroatoms. The molecule has 0 saturated carbocycles. The number of allylic oxidation sites excluding steroid dienone is 2. The van der Waals surface area contributed by atoms with Crippen molar-refractivity contribution in [2.45, 2.75) is 13.5 Å². The predicted molar refractivity (Wildman–Crippen MR) is 125 cm³/mol. The van der Waals surface area contributed by atoms with Crippen LogP contribution in [0.5, 0.6) is 0 Å². The van der Waals surface area contributed by atoms with Gasteiger partial charge in [0, 0.05) is 41.7 Å². The minimum Gasteiger partial charge on any atom is -0.344 e. The fraction of sp³-hybridized carbons (Fsp3) is 0.115. The van der Waals surface area contributed by atoms with Crippen LogP contribution in [0.1, 0.15) is 17.5 Å². The van der Waals surface area contributed by atoms with Crippen molar-refractivity contribution in [3.63, 3.8) is 0 Å². The molecular formula is C26H23N2S+. The number of hydrogen-bond acceptors (Lipinski definition) is 2. The number of fused-ring (bicyclic) bond motifs is 4. The van der Waals surface area contributed by atoms with Crippen molar-refractivity contribution in [1.29, 1.82) is 0 Å². The first-order valence-electron chi connectivity index (χ1n) is 10.00. The van der Waals surface area contributed by atoms with Gasteiger partial charge < -0.3 is 4.90 Å². The summed E-state index contributed by atoms with van der Waals surface area (Å²) in [5.41, 5.74) is 7.64. The zero-order chi connectivity index (χ0) is 19.8. The molecule has 0 bridgehead atoms.